The van der Waals surface area contributed by atoms with Gasteiger partial charge in [0, 0.05) is 55.3 Å². The first-order valence-electron chi connectivity index (χ1n) is 12.8. The van der Waals surface area contributed by atoms with Crippen molar-refractivity contribution in [1.29, 1.82) is 0 Å². The van der Waals surface area contributed by atoms with E-state index in [4.69, 9.17) is 16.3 Å². The second kappa shape index (κ2) is 9.48. The second-order valence-corrected chi connectivity index (χ2v) is 10.6. The lowest BCUT2D eigenvalue weighted by Crippen LogP contribution is -2.57. The Labute approximate surface area is 215 Å². The lowest BCUT2D eigenvalue weighted by Gasteiger charge is -2.48. The van der Waals surface area contributed by atoms with E-state index in [9.17, 15) is 14.4 Å². The van der Waals surface area contributed by atoms with Gasteiger partial charge in [-0.25, -0.2) is 5.01 Å². The van der Waals surface area contributed by atoms with E-state index in [1.54, 1.807) is 12.3 Å². The summed E-state index contributed by atoms with van der Waals surface area (Å²) in [5.74, 6) is 0.222. The van der Waals surface area contributed by atoms with E-state index in [0.29, 0.717) is 29.0 Å². The van der Waals surface area contributed by atoms with Gasteiger partial charge in [-0.3, -0.25) is 24.3 Å². The minimum atomic E-state index is -0.310. The summed E-state index contributed by atoms with van der Waals surface area (Å²) in [6.07, 6.45) is 7.31. The van der Waals surface area contributed by atoms with Crippen LogP contribution >= 0.6 is 11.6 Å². The number of likely N-dealkylation sites (tertiary alicyclic amines) is 1. The highest BCUT2D eigenvalue weighted by molar-refractivity contribution is 6.30. The third-order valence-corrected chi connectivity index (χ3v) is 8.08. The summed E-state index contributed by atoms with van der Waals surface area (Å²) in [4.78, 5) is 44.7. The molecule has 36 heavy (non-hydrogen) atoms. The molecule has 8 nitrogen and oxygen atoms in total. The van der Waals surface area contributed by atoms with Crippen LogP contribution < -0.4 is 4.74 Å². The summed E-state index contributed by atoms with van der Waals surface area (Å²) in [5.41, 5.74) is 2.39. The summed E-state index contributed by atoms with van der Waals surface area (Å²) < 4.78 is 6.51. The van der Waals surface area contributed by atoms with Crippen molar-refractivity contribution in [2.24, 2.45) is 0 Å². The summed E-state index contributed by atoms with van der Waals surface area (Å²) in [6, 6.07) is 9.75. The maximum absolute atomic E-state index is 13.0. The fourth-order valence-corrected chi connectivity index (χ4v) is 6.05. The largest absolute Gasteiger partial charge is 0.489 e. The lowest BCUT2D eigenvalue weighted by atomic mass is 9.85. The number of ether oxygens (including phenoxy) is 1. The molecule has 0 unspecified atom stereocenters. The number of nitrogens with zero attached hydrogens (tertiary/aromatic N) is 4. The molecule has 9 heteroatoms. The fourth-order valence-electron chi connectivity index (χ4n) is 5.93. The minimum absolute atomic E-state index is 0.0781. The third-order valence-electron chi connectivity index (χ3n) is 7.86. The molecule has 3 amide bonds. The normalized spacial score (nSPS) is 25.2. The van der Waals surface area contributed by atoms with Gasteiger partial charge < -0.3 is 4.74 Å². The van der Waals surface area contributed by atoms with E-state index in [2.05, 4.69) is 9.88 Å². The molecule has 0 N–H and O–H groups in total. The summed E-state index contributed by atoms with van der Waals surface area (Å²) >= 11 is 5.98. The van der Waals surface area contributed by atoms with Crippen molar-refractivity contribution in [1.82, 2.24) is 19.9 Å². The van der Waals surface area contributed by atoms with Crippen LogP contribution in [0.3, 0.4) is 0 Å². The van der Waals surface area contributed by atoms with Gasteiger partial charge in [0.1, 0.15) is 11.9 Å². The van der Waals surface area contributed by atoms with Gasteiger partial charge in [-0.1, -0.05) is 18.0 Å². The molecular weight excluding hydrogens is 480 g/mol. The minimum Gasteiger partial charge on any atom is -0.489 e. The highest BCUT2D eigenvalue weighted by Gasteiger charge is 2.41. The molecular formula is C27H29ClN4O4. The van der Waals surface area contributed by atoms with Crippen molar-refractivity contribution >= 4 is 29.3 Å². The van der Waals surface area contributed by atoms with Gasteiger partial charge in [-0.05, 0) is 61.6 Å². The number of pyridine rings is 1. The Balaban J connectivity index is 1.13. The van der Waals surface area contributed by atoms with Crippen molar-refractivity contribution in [2.45, 2.75) is 69.6 Å². The van der Waals surface area contributed by atoms with E-state index in [1.807, 2.05) is 24.3 Å². The van der Waals surface area contributed by atoms with Crippen LogP contribution in [0.15, 0.2) is 36.5 Å². The molecule has 1 saturated carbocycles. The molecule has 3 fully saturated rings. The number of hydrogen-bond acceptors (Lipinski definition) is 6. The molecule has 1 aromatic carbocycles. The molecule has 4 aliphatic rings. The van der Waals surface area contributed by atoms with Crippen LogP contribution in [-0.2, 0) is 16.1 Å². The van der Waals surface area contributed by atoms with E-state index < -0.39 is 0 Å². The van der Waals surface area contributed by atoms with Gasteiger partial charge in [0.15, 0.2) is 0 Å². The van der Waals surface area contributed by atoms with Gasteiger partial charge in [0.25, 0.3) is 5.91 Å². The Morgan fingerprint density at radius 2 is 1.72 bits per heavy atom. The van der Waals surface area contributed by atoms with Crippen molar-refractivity contribution in [3.8, 4) is 5.75 Å². The van der Waals surface area contributed by atoms with Gasteiger partial charge >= 0.3 is 0 Å². The number of hydrogen-bond donors (Lipinski definition) is 0. The van der Waals surface area contributed by atoms with E-state index in [0.717, 1.165) is 54.4 Å². The number of piperidine rings is 1. The first kappa shape index (κ1) is 23.4. The predicted octanol–water partition coefficient (Wildman–Crippen LogP) is 3.93. The molecule has 0 spiro atoms. The Kier molecular flexibility index (Phi) is 6.17. The first-order chi connectivity index (χ1) is 17.5. The summed E-state index contributed by atoms with van der Waals surface area (Å²) in [6.45, 7) is 2.13. The molecule has 1 aromatic heterocycles. The molecule has 6 rings (SSSR count). The number of rotatable bonds is 5. The zero-order valence-electron chi connectivity index (χ0n) is 20.1. The lowest BCUT2D eigenvalue weighted by molar-refractivity contribution is -0.163. The number of amides is 3. The first-order valence-corrected chi connectivity index (χ1v) is 13.2. The number of carbonyl (C=O) groups is 3. The zero-order valence-corrected chi connectivity index (χ0v) is 20.8. The standard InChI is InChI=1S/C27H29ClN4O4/c28-19-8-11-22(29-13-19)18-14-30(15-18)23-4-1-2-5-24(23)36-20-9-10-21-17(12-20)16-31(27(21)35)32-25(33)6-3-7-26(32)34/h8-13,18,23-24H,1-7,14-16H2/t23-,24+/m0/s1. The quantitative estimate of drug-likeness (QED) is 0.569. The molecule has 2 atom stereocenters. The van der Waals surface area contributed by atoms with Crippen molar-refractivity contribution in [2.75, 3.05) is 13.1 Å². The maximum atomic E-state index is 13.0. The molecule has 2 saturated heterocycles. The van der Waals surface area contributed by atoms with E-state index in [-0.39, 0.29) is 43.2 Å². The number of hydrazine groups is 1. The fraction of sp³-hybridized carbons (Fsp3) is 0.481. The molecule has 0 radical (unpaired) electrons. The average molecular weight is 509 g/mol. The molecule has 4 heterocycles. The Hall–Kier alpha value is -2.97. The Morgan fingerprint density at radius 1 is 0.944 bits per heavy atom. The molecule has 2 aromatic rings. The van der Waals surface area contributed by atoms with Gasteiger partial charge in [0.2, 0.25) is 11.8 Å². The maximum Gasteiger partial charge on any atom is 0.273 e. The van der Waals surface area contributed by atoms with Gasteiger partial charge in [-0.2, -0.15) is 5.01 Å². The molecule has 188 valence electrons. The van der Waals surface area contributed by atoms with Crippen LogP contribution in [0.1, 0.15) is 72.5 Å². The highest BCUT2D eigenvalue weighted by Crippen LogP contribution is 2.36. The van der Waals surface area contributed by atoms with Gasteiger partial charge in [0.05, 0.1) is 11.6 Å². The van der Waals surface area contributed by atoms with Crippen LogP contribution in [0, 0.1) is 0 Å². The second-order valence-electron chi connectivity index (χ2n) is 10.2. The predicted molar refractivity (Wildman–Crippen MR) is 132 cm³/mol. The van der Waals surface area contributed by atoms with Gasteiger partial charge in [-0.15, -0.1) is 0 Å². The van der Waals surface area contributed by atoms with Crippen LogP contribution in [0.5, 0.6) is 5.75 Å². The summed E-state index contributed by atoms with van der Waals surface area (Å²) in [7, 11) is 0. The third kappa shape index (κ3) is 4.26. The van der Waals surface area contributed by atoms with E-state index in [1.165, 1.54) is 11.4 Å². The molecule has 0 bridgehead atoms. The topological polar surface area (TPSA) is 83.1 Å². The average Bonchev–Trinajstić information content (AvgIpc) is 3.15. The Morgan fingerprint density at radius 3 is 2.47 bits per heavy atom. The number of benzene rings is 1. The van der Waals surface area contributed by atoms with Crippen molar-refractivity contribution in [3.63, 3.8) is 0 Å². The van der Waals surface area contributed by atoms with Crippen molar-refractivity contribution < 1.29 is 19.1 Å². The number of fused-ring (bicyclic) bond motifs is 1. The highest BCUT2D eigenvalue weighted by atomic mass is 35.5. The van der Waals surface area contributed by atoms with Crippen LogP contribution in [0.2, 0.25) is 5.02 Å². The Bertz CT molecular complexity index is 1180. The van der Waals surface area contributed by atoms with Crippen LogP contribution in [0.25, 0.3) is 0 Å². The number of carbonyl (C=O) groups excluding carboxylic acids is 3. The smallest absolute Gasteiger partial charge is 0.273 e. The van der Waals surface area contributed by atoms with Crippen molar-refractivity contribution in [3.05, 3.63) is 58.4 Å². The number of aromatic nitrogens is 1. The van der Waals surface area contributed by atoms with E-state index >= 15 is 0 Å². The molecule has 1 aliphatic carbocycles. The number of imide groups is 1. The molecule has 3 aliphatic heterocycles. The monoisotopic (exact) mass is 508 g/mol. The summed E-state index contributed by atoms with van der Waals surface area (Å²) in [5, 5.41) is 2.98. The van der Waals surface area contributed by atoms with Crippen LogP contribution in [-0.4, -0.2) is 62.9 Å². The zero-order chi connectivity index (χ0) is 24.8. The number of halogens is 1. The SMILES string of the molecule is O=C1c2ccc(O[C@@H]3CCCC[C@@H]3N3CC(c4ccc(Cl)cn4)C3)cc2CN1N1C(=O)CCCC1=O. The van der Waals surface area contributed by atoms with Crippen LogP contribution in [0.4, 0.5) is 0 Å².